The molecule has 0 radical (unpaired) electrons. The van der Waals surface area contributed by atoms with E-state index in [-0.39, 0.29) is 0 Å². The molecule has 0 atom stereocenters. The molecule has 2 aromatic heterocycles. The summed E-state index contributed by atoms with van der Waals surface area (Å²) in [6, 6.07) is 17.9. The van der Waals surface area contributed by atoms with Gasteiger partial charge in [0.15, 0.2) is 5.82 Å². The molecule has 0 amide bonds. The molecule has 0 N–H and O–H groups in total. The van der Waals surface area contributed by atoms with Crippen LogP contribution in [0.5, 0.6) is 0 Å². The molecule has 0 aliphatic carbocycles. The molecule has 24 heavy (non-hydrogen) atoms. The van der Waals surface area contributed by atoms with E-state index in [1.807, 2.05) is 59.1 Å². The molecule has 2 aromatic carbocycles. The summed E-state index contributed by atoms with van der Waals surface area (Å²) in [4.78, 5) is 0.802. The molecule has 0 bridgehead atoms. The van der Waals surface area contributed by atoms with Crippen molar-refractivity contribution < 1.29 is 0 Å². The van der Waals surface area contributed by atoms with Crippen LogP contribution in [0.2, 0.25) is 5.02 Å². The van der Waals surface area contributed by atoms with Crippen molar-refractivity contribution in [2.24, 2.45) is 0 Å². The summed E-state index contributed by atoms with van der Waals surface area (Å²) in [5.41, 5.74) is 2.27. The smallest absolute Gasteiger partial charge is 0.187 e. The van der Waals surface area contributed by atoms with Gasteiger partial charge < -0.3 is 0 Å². The number of halogens is 1. The maximum absolute atomic E-state index is 5.90. The maximum Gasteiger partial charge on any atom is 0.234 e. The summed E-state index contributed by atoms with van der Waals surface area (Å²) < 4.78 is 1.82. The van der Waals surface area contributed by atoms with Crippen LogP contribution in [0.1, 0.15) is 22.0 Å². The van der Waals surface area contributed by atoms with Crippen molar-refractivity contribution in [2.45, 2.75) is 6.42 Å². The fourth-order valence-electron chi connectivity index (χ4n) is 2.37. The van der Waals surface area contributed by atoms with Gasteiger partial charge in [0.25, 0.3) is 0 Å². The maximum atomic E-state index is 5.90. The van der Waals surface area contributed by atoms with Crippen LogP contribution in [-0.4, -0.2) is 19.8 Å². The number of rotatable bonds is 4. The van der Waals surface area contributed by atoms with Crippen molar-refractivity contribution in [1.82, 2.24) is 19.8 Å². The monoisotopic (exact) mass is 352 g/mol. The third kappa shape index (κ3) is 3.22. The predicted molar refractivity (Wildman–Crippen MR) is 98.3 cm³/mol. The first kappa shape index (κ1) is 15.1. The first-order valence-corrected chi connectivity index (χ1v) is 8.66. The van der Waals surface area contributed by atoms with Crippen LogP contribution in [0, 0.1) is 0 Å². The number of hydrogen-bond acceptors (Lipinski definition) is 4. The molecular weight excluding hydrogens is 340 g/mol. The van der Waals surface area contributed by atoms with Gasteiger partial charge >= 0.3 is 0 Å². The zero-order valence-electron chi connectivity index (χ0n) is 12.6. The molecular formula is C18H13ClN4S. The van der Waals surface area contributed by atoms with Gasteiger partial charge in [-0.15, -0.1) is 10.2 Å². The van der Waals surface area contributed by atoms with Gasteiger partial charge in [-0.2, -0.15) is 9.61 Å². The Hall–Kier alpha value is -2.50. The number of benzene rings is 2. The SMILES string of the molecule is Clc1ccc(C=Cc2nn3c(Cc4ccccc4)nnc3s2)cc1. The Kier molecular flexibility index (Phi) is 4.11. The molecule has 0 aliphatic heterocycles. The van der Waals surface area contributed by atoms with E-state index in [0.29, 0.717) is 6.42 Å². The van der Waals surface area contributed by atoms with Crippen LogP contribution in [-0.2, 0) is 6.42 Å². The van der Waals surface area contributed by atoms with Gasteiger partial charge in [-0.05, 0) is 29.3 Å². The van der Waals surface area contributed by atoms with E-state index in [1.54, 1.807) is 0 Å². The molecule has 6 heteroatoms. The largest absolute Gasteiger partial charge is 0.234 e. The summed E-state index contributed by atoms with van der Waals surface area (Å²) in [6.45, 7) is 0. The van der Waals surface area contributed by atoms with Crippen LogP contribution in [0.25, 0.3) is 17.1 Å². The van der Waals surface area contributed by atoms with E-state index < -0.39 is 0 Å². The van der Waals surface area contributed by atoms with E-state index in [2.05, 4.69) is 27.4 Å². The summed E-state index contributed by atoms with van der Waals surface area (Å²) in [7, 11) is 0. The van der Waals surface area contributed by atoms with Gasteiger partial charge in [-0.1, -0.05) is 71.5 Å². The van der Waals surface area contributed by atoms with E-state index >= 15 is 0 Å². The lowest BCUT2D eigenvalue weighted by Crippen LogP contribution is -1.97. The van der Waals surface area contributed by atoms with Crippen LogP contribution >= 0.6 is 22.9 Å². The molecule has 118 valence electrons. The molecule has 4 aromatic rings. The van der Waals surface area contributed by atoms with E-state index in [1.165, 1.54) is 16.9 Å². The fourth-order valence-corrected chi connectivity index (χ4v) is 3.26. The van der Waals surface area contributed by atoms with Crippen molar-refractivity contribution >= 4 is 40.1 Å². The number of nitrogens with zero attached hydrogens (tertiary/aromatic N) is 4. The van der Waals surface area contributed by atoms with E-state index in [0.717, 1.165) is 26.4 Å². The lowest BCUT2D eigenvalue weighted by Gasteiger charge is -1.97. The third-order valence-electron chi connectivity index (χ3n) is 3.56. The standard InChI is InChI=1S/C18H13ClN4S/c19-15-9-6-13(7-10-15)8-11-17-22-23-16(20-21-18(23)24-17)12-14-4-2-1-3-5-14/h1-11H,12H2. The normalized spacial score (nSPS) is 11.5. The Labute approximate surface area is 148 Å². The fraction of sp³-hybridized carbons (Fsp3) is 0.0556. The molecule has 0 saturated carbocycles. The first-order valence-electron chi connectivity index (χ1n) is 7.47. The lowest BCUT2D eigenvalue weighted by molar-refractivity contribution is 0.848. The molecule has 0 aliphatic rings. The van der Waals surface area contributed by atoms with Crippen molar-refractivity contribution in [1.29, 1.82) is 0 Å². The lowest BCUT2D eigenvalue weighted by atomic mass is 10.1. The number of aromatic nitrogens is 4. The van der Waals surface area contributed by atoms with Gasteiger partial charge in [-0.3, -0.25) is 0 Å². The highest BCUT2D eigenvalue weighted by Crippen LogP contribution is 2.19. The summed E-state index contributed by atoms with van der Waals surface area (Å²) in [5, 5.41) is 14.7. The third-order valence-corrected chi connectivity index (χ3v) is 4.68. The Morgan fingerprint density at radius 2 is 1.75 bits per heavy atom. The molecule has 4 rings (SSSR count). The highest BCUT2D eigenvalue weighted by atomic mass is 35.5. The van der Waals surface area contributed by atoms with Crippen molar-refractivity contribution in [3.05, 3.63) is 81.6 Å². The highest BCUT2D eigenvalue weighted by Gasteiger charge is 2.10. The second-order valence-electron chi connectivity index (χ2n) is 5.30. The average molecular weight is 353 g/mol. The molecule has 4 nitrogen and oxygen atoms in total. The van der Waals surface area contributed by atoms with Crippen LogP contribution in [0.3, 0.4) is 0 Å². The molecule has 0 saturated heterocycles. The molecule has 0 unspecified atom stereocenters. The Morgan fingerprint density at radius 3 is 2.54 bits per heavy atom. The Balaban J connectivity index is 1.58. The van der Waals surface area contributed by atoms with Gasteiger partial charge in [0.2, 0.25) is 4.96 Å². The summed E-state index contributed by atoms with van der Waals surface area (Å²) >= 11 is 7.42. The zero-order chi connectivity index (χ0) is 16.4. The van der Waals surface area contributed by atoms with Crippen LogP contribution in [0.15, 0.2) is 54.6 Å². The minimum Gasteiger partial charge on any atom is -0.187 e. The van der Waals surface area contributed by atoms with Gasteiger partial charge in [-0.25, -0.2) is 0 Å². The second kappa shape index (κ2) is 6.55. The van der Waals surface area contributed by atoms with Crippen molar-refractivity contribution in [3.63, 3.8) is 0 Å². The number of fused-ring (bicyclic) bond motifs is 1. The van der Waals surface area contributed by atoms with Crippen LogP contribution < -0.4 is 0 Å². The number of hydrogen-bond donors (Lipinski definition) is 0. The first-order chi connectivity index (χ1) is 11.8. The highest BCUT2D eigenvalue weighted by molar-refractivity contribution is 7.17. The molecule has 0 spiro atoms. The van der Waals surface area contributed by atoms with E-state index in [4.69, 9.17) is 11.6 Å². The zero-order valence-corrected chi connectivity index (χ0v) is 14.2. The molecule has 2 heterocycles. The minimum absolute atomic E-state index is 0.714. The average Bonchev–Trinajstić information content (AvgIpc) is 3.17. The summed E-state index contributed by atoms with van der Waals surface area (Å²) in [6.07, 6.45) is 4.71. The summed E-state index contributed by atoms with van der Waals surface area (Å²) in [5.74, 6) is 0.846. The van der Waals surface area contributed by atoms with Gasteiger partial charge in [0.1, 0.15) is 5.01 Å². The van der Waals surface area contributed by atoms with Crippen LogP contribution in [0.4, 0.5) is 0 Å². The topological polar surface area (TPSA) is 43.1 Å². The van der Waals surface area contributed by atoms with Gasteiger partial charge in [0.05, 0.1) is 0 Å². The van der Waals surface area contributed by atoms with Crippen molar-refractivity contribution in [2.75, 3.05) is 0 Å². The van der Waals surface area contributed by atoms with Gasteiger partial charge in [0, 0.05) is 11.4 Å². The predicted octanol–water partition coefficient (Wildman–Crippen LogP) is 4.60. The van der Waals surface area contributed by atoms with Crippen molar-refractivity contribution in [3.8, 4) is 0 Å². The quantitative estimate of drug-likeness (QED) is 0.539. The Bertz CT molecular complexity index is 987. The second-order valence-corrected chi connectivity index (χ2v) is 6.72. The minimum atomic E-state index is 0.714. The molecule has 0 fully saturated rings. The van der Waals surface area contributed by atoms with E-state index in [9.17, 15) is 0 Å². The Morgan fingerprint density at radius 1 is 0.958 bits per heavy atom.